The van der Waals surface area contributed by atoms with E-state index in [1.165, 1.54) is 11.3 Å². The normalized spacial score (nSPS) is 10.9. The summed E-state index contributed by atoms with van der Waals surface area (Å²) in [6, 6.07) is 9.63. The molecule has 0 saturated carbocycles. The molecule has 2 heterocycles. The minimum Gasteiger partial charge on any atom is -0.379 e. The van der Waals surface area contributed by atoms with Crippen molar-refractivity contribution in [2.24, 2.45) is 0 Å². The standard InChI is InChI=1S/C14H12IN3OS/c1-9-8-20-14-17-10(6-13(19)18(9)14)7-16-12-5-3-2-4-11(12)15/h2-6,8,16H,7H2,1H3. The van der Waals surface area contributed by atoms with Crippen LogP contribution in [0.3, 0.4) is 0 Å². The molecule has 20 heavy (non-hydrogen) atoms. The summed E-state index contributed by atoms with van der Waals surface area (Å²) in [6.07, 6.45) is 0. The number of halogens is 1. The van der Waals surface area contributed by atoms with Crippen molar-refractivity contribution in [3.8, 4) is 0 Å². The molecule has 2 aromatic heterocycles. The topological polar surface area (TPSA) is 46.4 Å². The lowest BCUT2D eigenvalue weighted by molar-refractivity contribution is 0.965. The zero-order valence-corrected chi connectivity index (χ0v) is 13.7. The summed E-state index contributed by atoms with van der Waals surface area (Å²) in [4.78, 5) is 17.3. The fraction of sp³-hybridized carbons (Fsp3) is 0.143. The number of rotatable bonds is 3. The molecule has 102 valence electrons. The second-order valence-electron chi connectivity index (χ2n) is 4.41. The van der Waals surface area contributed by atoms with Crippen LogP contribution >= 0.6 is 33.9 Å². The highest BCUT2D eigenvalue weighted by Gasteiger charge is 2.06. The summed E-state index contributed by atoms with van der Waals surface area (Å²) in [5.41, 5.74) is 2.72. The Bertz CT molecular complexity index is 825. The van der Waals surface area contributed by atoms with Crippen LogP contribution in [-0.2, 0) is 6.54 Å². The first-order valence-corrected chi connectivity index (χ1v) is 8.06. The molecule has 0 amide bonds. The highest BCUT2D eigenvalue weighted by molar-refractivity contribution is 14.1. The number of anilines is 1. The molecular formula is C14H12IN3OS. The van der Waals surface area contributed by atoms with Crippen LogP contribution in [0.2, 0.25) is 0 Å². The molecule has 1 aromatic carbocycles. The van der Waals surface area contributed by atoms with Gasteiger partial charge in [-0.3, -0.25) is 9.20 Å². The lowest BCUT2D eigenvalue weighted by Gasteiger charge is -2.08. The van der Waals surface area contributed by atoms with Crippen LogP contribution in [0, 0.1) is 10.5 Å². The van der Waals surface area contributed by atoms with E-state index in [2.05, 4.69) is 32.9 Å². The first-order chi connectivity index (χ1) is 9.65. The van der Waals surface area contributed by atoms with E-state index in [0.717, 1.165) is 25.6 Å². The minimum absolute atomic E-state index is 0.0201. The van der Waals surface area contributed by atoms with Gasteiger partial charge in [0.1, 0.15) is 0 Å². The van der Waals surface area contributed by atoms with E-state index in [1.54, 1.807) is 10.5 Å². The van der Waals surface area contributed by atoms with E-state index < -0.39 is 0 Å². The van der Waals surface area contributed by atoms with Crippen LogP contribution in [0.5, 0.6) is 0 Å². The number of thiazole rings is 1. The van der Waals surface area contributed by atoms with Gasteiger partial charge in [-0.15, -0.1) is 11.3 Å². The van der Waals surface area contributed by atoms with Gasteiger partial charge in [-0.25, -0.2) is 4.98 Å². The molecule has 0 atom stereocenters. The van der Waals surface area contributed by atoms with Gasteiger partial charge in [0.2, 0.25) is 0 Å². The molecule has 4 nitrogen and oxygen atoms in total. The fourth-order valence-electron chi connectivity index (χ4n) is 1.98. The zero-order chi connectivity index (χ0) is 14.1. The lowest BCUT2D eigenvalue weighted by atomic mass is 10.3. The Labute approximate surface area is 133 Å². The number of hydrogen-bond acceptors (Lipinski definition) is 4. The maximum Gasteiger partial charge on any atom is 0.259 e. The molecule has 1 N–H and O–H groups in total. The van der Waals surface area contributed by atoms with Crippen molar-refractivity contribution in [2.75, 3.05) is 5.32 Å². The summed E-state index contributed by atoms with van der Waals surface area (Å²) in [5.74, 6) is 0. The van der Waals surface area contributed by atoms with Crippen molar-refractivity contribution in [3.63, 3.8) is 0 Å². The average molecular weight is 397 g/mol. The number of nitrogens with zero attached hydrogens (tertiary/aromatic N) is 2. The van der Waals surface area contributed by atoms with Crippen LogP contribution in [0.15, 0.2) is 40.5 Å². The van der Waals surface area contributed by atoms with Crippen molar-refractivity contribution in [1.29, 1.82) is 0 Å². The molecule has 0 aliphatic carbocycles. The fourth-order valence-corrected chi connectivity index (χ4v) is 3.45. The summed E-state index contributed by atoms with van der Waals surface area (Å²) in [6.45, 7) is 2.46. The summed E-state index contributed by atoms with van der Waals surface area (Å²) in [7, 11) is 0. The Morgan fingerprint density at radius 3 is 3.00 bits per heavy atom. The maximum absolute atomic E-state index is 12.1. The van der Waals surface area contributed by atoms with Gasteiger partial charge in [-0.2, -0.15) is 0 Å². The molecule has 3 rings (SSSR count). The number of aromatic nitrogens is 2. The maximum atomic E-state index is 12.1. The molecular weight excluding hydrogens is 385 g/mol. The molecule has 0 saturated heterocycles. The molecule has 6 heteroatoms. The van der Waals surface area contributed by atoms with Gasteiger partial charge >= 0.3 is 0 Å². The summed E-state index contributed by atoms with van der Waals surface area (Å²) in [5, 5.41) is 5.26. The quantitative estimate of drug-likeness (QED) is 0.691. The van der Waals surface area contributed by atoms with Gasteiger partial charge in [0, 0.05) is 26.4 Å². The first-order valence-electron chi connectivity index (χ1n) is 6.10. The van der Waals surface area contributed by atoms with Gasteiger partial charge in [0.15, 0.2) is 4.96 Å². The van der Waals surface area contributed by atoms with Crippen LogP contribution in [-0.4, -0.2) is 9.38 Å². The average Bonchev–Trinajstić information content (AvgIpc) is 2.80. The Kier molecular flexibility index (Phi) is 3.75. The number of para-hydroxylation sites is 1. The van der Waals surface area contributed by atoms with Crippen molar-refractivity contribution in [3.05, 3.63) is 61.0 Å². The molecule has 0 bridgehead atoms. The Morgan fingerprint density at radius 2 is 2.20 bits per heavy atom. The van der Waals surface area contributed by atoms with Crippen molar-refractivity contribution in [2.45, 2.75) is 13.5 Å². The number of hydrogen-bond donors (Lipinski definition) is 1. The summed E-state index contributed by atoms with van der Waals surface area (Å²) >= 11 is 3.77. The van der Waals surface area contributed by atoms with Gasteiger partial charge in [-0.05, 0) is 41.6 Å². The van der Waals surface area contributed by atoms with Crippen LogP contribution in [0.4, 0.5) is 5.69 Å². The molecule has 0 aliphatic heterocycles. The van der Waals surface area contributed by atoms with E-state index in [1.807, 2.05) is 36.6 Å². The number of fused-ring (bicyclic) bond motifs is 1. The summed E-state index contributed by atoms with van der Waals surface area (Å²) < 4.78 is 2.79. The number of aryl methyl sites for hydroxylation is 1. The predicted octanol–water partition coefficient (Wildman–Crippen LogP) is 3.28. The smallest absolute Gasteiger partial charge is 0.259 e. The van der Waals surface area contributed by atoms with E-state index in [0.29, 0.717) is 6.54 Å². The third-order valence-corrected chi connectivity index (χ3v) is 4.85. The van der Waals surface area contributed by atoms with Crippen molar-refractivity contribution >= 4 is 44.6 Å². The number of nitrogens with one attached hydrogen (secondary N) is 1. The Morgan fingerprint density at radius 1 is 1.40 bits per heavy atom. The van der Waals surface area contributed by atoms with E-state index in [-0.39, 0.29) is 5.56 Å². The molecule has 3 aromatic rings. The van der Waals surface area contributed by atoms with Crippen LogP contribution in [0.1, 0.15) is 11.4 Å². The van der Waals surface area contributed by atoms with Crippen molar-refractivity contribution < 1.29 is 0 Å². The van der Waals surface area contributed by atoms with E-state index in [9.17, 15) is 4.79 Å². The van der Waals surface area contributed by atoms with Gasteiger partial charge in [-0.1, -0.05) is 12.1 Å². The SMILES string of the molecule is Cc1csc2nc(CNc3ccccc3I)cc(=O)n12. The Hall–Kier alpha value is -1.41. The van der Waals surface area contributed by atoms with Crippen molar-refractivity contribution in [1.82, 2.24) is 9.38 Å². The van der Waals surface area contributed by atoms with Gasteiger partial charge in [0.25, 0.3) is 5.56 Å². The second kappa shape index (κ2) is 5.53. The third-order valence-electron chi connectivity index (χ3n) is 2.96. The molecule has 0 unspecified atom stereocenters. The largest absolute Gasteiger partial charge is 0.379 e. The number of benzene rings is 1. The zero-order valence-electron chi connectivity index (χ0n) is 10.8. The second-order valence-corrected chi connectivity index (χ2v) is 6.41. The molecule has 0 fully saturated rings. The highest BCUT2D eigenvalue weighted by atomic mass is 127. The monoisotopic (exact) mass is 397 g/mol. The molecule has 0 aliphatic rings. The van der Waals surface area contributed by atoms with Gasteiger partial charge in [0.05, 0.1) is 12.2 Å². The minimum atomic E-state index is -0.0201. The highest BCUT2D eigenvalue weighted by Crippen LogP contribution is 2.18. The van der Waals surface area contributed by atoms with E-state index in [4.69, 9.17) is 0 Å². The molecule has 0 radical (unpaired) electrons. The predicted molar refractivity (Wildman–Crippen MR) is 90.6 cm³/mol. The van der Waals surface area contributed by atoms with E-state index >= 15 is 0 Å². The van der Waals surface area contributed by atoms with Crippen LogP contribution in [0.25, 0.3) is 4.96 Å². The van der Waals surface area contributed by atoms with Crippen LogP contribution < -0.4 is 10.9 Å². The van der Waals surface area contributed by atoms with Gasteiger partial charge < -0.3 is 5.32 Å². The molecule has 0 spiro atoms. The lowest BCUT2D eigenvalue weighted by Crippen LogP contribution is -2.16. The first kappa shape index (κ1) is 13.6. The Balaban J connectivity index is 1.89. The third kappa shape index (κ3) is 2.57.